The van der Waals surface area contributed by atoms with E-state index in [0.29, 0.717) is 17.8 Å². The number of benzene rings is 1. The number of para-hydroxylation sites is 1. The van der Waals surface area contributed by atoms with Crippen molar-refractivity contribution in [2.24, 2.45) is 0 Å². The van der Waals surface area contributed by atoms with Crippen molar-refractivity contribution in [1.29, 1.82) is 0 Å². The Hall–Kier alpha value is -3.35. The van der Waals surface area contributed by atoms with Crippen molar-refractivity contribution in [3.63, 3.8) is 0 Å². The molecule has 2 heterocycles. The smallest absolute Gasteiger partial charge is 0.341 e. The summed E-state index contributed by atoms with van der Waals surface area (Å²) in [5, 5.41) is 6.96. The number of anilines is 1. The fourth-order valence-corrected chi connectivity index (χ4v) is 2.62. The molecule has 0 aliphatic rings. The van der Waals surface area contributed by atoms with Crippen molar-refractivity contribution in [2.45, 2.75) is 26.5 Å². The summed E-state index contributed by atoms with van der Waals surface area (Å²) in [7, 11) is 0. The molecule has 7 nitrogen and oxygen atoms in total. The third kappa shape index (κ3) is 3.51. The Bertz CT molecular complexity index is 970. The van der Waals surface area contributed by atoms with Crippen molar-refractivity contribution < 1.29 is 18.8 Å². The lowest BCUT2D eigenvalue weighted by atomic mass is 10.2. The molecule has 0 spiro atoms. The van der Waals surface area contributed by atoms with Gasteiger partial charge in [-0.25, -0.2) is 4.79 Å². The van der Waals surface area contributed by atoms with Gasteiger partial charge in [0, 0.05) is 29.7 Å². The average Bonchev–Trinajstić information content (AvgIpc) is 3.19. The number of amides is 1. The number of nitrogens with one attached hydrogen (secondary N) is 1. The molecule has 1 atom stereocenters. The summed E-state index contributed by atoms with van der Waals surface area (Å²) in [6.07, 6.45) is 2.46. The molecule has 3 rings (SSSR count). The maximum atomic E-state index is 12.6. The number of carbonyl (C=O) groups is 2. The summed E-state index contributed by atoms with van der Waals surface area (Å²) in [4.78, 5) is 24.7. The van der Waals surface area contributed by atoms with Gasteiger partial charge in [0.15, 0.2) is 6.10 Å². The van der Waals surface area contributed by atoms with Crippen LogP contribution in [0.3, 0.4) is 0 Å². The zero-order valence-corrected chi connectivity index (χ0v) is 14.6. The van der Waals surface area contributed by atoms with Crippen LogP contribution in [-0.2, 0) is 16.1 Å². The predicted molar refractivity (Wildman–Crippen MR) is 96.9 cm³/mol. The van der Waals surface area contributed by atoms with Crippen LogP contribution in [-0.4, -0.2) is 27.7 Å². The molecule has 0 aliphatic carbocycles. The highest BCUT2D eigenvalue weighted by Crippen LogP contribution is 2.22. The van der Waals surface area contributed by atoms with Gasteiger partial charge in [0.05, 0.1) is 11.3 Å². The average molecular weight is 353 g/mol. The first-order chi connectivity index (χ1) is 12.5. The fourth-order valence-electron chi connectivity index (χ4n) is 2.62. The summed E-state index contributed by atoms with van der Waals surface area (Å²) in [5.74, 6) is -0.859. The third-order valence-corrected chi connectivity index (χ3v) is 3.86. The molecule has 0 aliphatic heterocycles. The molecule has 2 aromatic heterocycles. The highest BCUT2D eigenvalue weighted by atomic mass is 16.5. The summed E-state index contributed by atoms with van der Waals surface area (Å²) in [6.45, 7) is 7.53. The number of allylic oxidation sites excluding steroid dienone is 1. The summed E-state index contributed by atoms with van der Waals surface area (Å²) >= 11 is 0. The summed E-state index contributed by atoms with van der Waals surface area (Å²) in [6, 6.07) is 9.08. The Morgan fingerprint density at radius 1 is 1.42 bits per heavy atom. The summed E-state index contributed by atoms with van der Waals surface area (Å²) < 4.78 is 12.2. The lowest BCUT2D eigenvalue weighted by Gasteiger charge is -2.11. The Morgan fingerprint density at radius 2 is 2.19 bits per heavy atom. The van der Waals surface area contributed by atoms with E-state index in [1.165, 1.54) is 6.92 Å². The van der Waals surface area contributed by atoms with Gasteiger partial charge in [-0.05, 0) is 19.9 Å². The van der Waals surface area contributed by atoms with Crippen molar-refractivity contribution in [2.75, 3.05) is 5.32 Å². The van der Waals surface area contributed by atoms with Crippen LogP contribution in [0.5, 0.6) is 0 Å². The van der Waals surface area contributed by atoms with E-state index in [0.717, 1.165) is 10.9 Å². The van der Waals surface area contributed by atoms with Gasteiger partial charge in [-0.2, -0.15) is 0 Å². The van der Waals surface area contributed by atoms with Gasteiger partial charge in [0.2, 0.25) is 5.88 Å². The minimum Gasteiger partial charge on any atom is -0.449 e. The Labute approximate surface area is 150 Å². The number of rotatable bonds is 6. The van der Waals surface area contributed by atoms with Crippen LogP contribution in [0, 0.1) is 6.92 Å². The zero-order valence-electron chi connectivity index (χ0n) is 14.6. The van der Waals surface area contributed by atoms with Crippen molar-refractivity contribution in [1.82, 2.24) is 9.72 Å². The number of hydrogen-bond donors (Lipinski definition) is 1. The second-order valence-corrected chi connectivity index (χ2v) is 5.87. The van der Waals surface area contributed by atoms with E-state index >= 15 is 0 Å². The first-order valence-corrected chi connectivity index (χ1v) is 8.13. The molecule has 26 heavy (non-hydrogen) atoms. The number of aromatic nitrogens is 2. The van der Waals surface area contributed by atoms with E-state index in [1.54, 1.807) is 25.3 Å². The number of fused-ring (bicyclic) bond motifs is 1. The van der Waals surface area contributed by atoms with Crippen LogP contribution in [0.15, 0.2) is 53.7 Å². The maximum Gasteiger partial charge on any atom is 0.341 e. The number of nitrogens with zero attached hydrogens (tertiary/aromatic N) is 2. The second kappa shape index (κ2) is 7.26. The largest absolute Gasteiger partial charge is 0.449 e. The first-order valence-electron chi connectivity index (χ1n) is 8.13. The van der Waals surface area contributed by atoms with E-state index in [1.807, 2.05) is 28.8 Å². The van der Waals surface area contributed by atoms with E-state index in [2.05, 4.69) is 17.1 Å². The molecule has 0 fully saturated rings. The highest BCUT2D eigenvalue weighted by Gasteiger charge is 2.23. The fraction of sp³-hybridized carbons (Fsp3) is 0.211. The predicted octanol–water partition coefficient (Wildman–Crippen LogP) is 3.31. The van der Waals surface area contributed by atoms with Gasteiger partial charge >= 0.3 is 5.97 Å². The van der Waals surface area contributed by atoms with Crippen LogP contribution in [0.2, 0.25) is 0 Å². The number of carbonyl (C=O) groups excluding carboxylic acids is 2. The molecule has 0 bridgehead atoms. The monoisotopic (exact) mass is 353 g/mol. The molecule has 1 amide bonds. The van der Waals surface area contributed by atoms with Crippen molar-refractivity contribution >= 4 is 28.7 Å². The molecule has 0 saturated carbocycles. The van der Waals surface area contributed by atoms with Gasteiger partial charge in [-0.15, -0.1) is 6.58 Å². The minimum absolute atomic E-state index is 0.206. The molecule has 0 unspecified atom stereocenters. The lowest BCUT2D eigenvalue weighted by molar-refractivity contribution is -0.123. The van der Waals surface area contributed by atoms with Gasteiger partial charge in [-0.1, -0.05) is 29.4 Å². The number of ether oxygens (including phenoxy) is 1. The molecule has 1 N–H and O–H groups in total. The van der Waals surface area contributed by atoms with Crippen molar-refractivity contribution in [3.05, 3.63) is 60.4 Å². The maximum absolute atomic E-state index is 12.6. The van der Waals surface area contributed by atoms with Gasteiger partial charge in [0.25, 0.3) is 5.91 Å². The molecule has 7 heteroatoms. The highest BCUT2D eigenvalue weighted by molar-refractivity contribution is 6.05. The van der Waals surface area contributed by atoms with Gasteiger partial charge in [-0.3, -0.25) is 10.1 Å². The number of esters is 1. The second-order valence-electron chi connectivity index (χ2n) is 5.87. The van der Waals surface area contributed by atoms with Crippen LogP contribution >= 0.6 is 0 Å². The minimum atomic E-state index is -0.991. The van der Waals surface area contributed by atoms with Crippen molar-refractivity contribution in [3.8, 4) is 0 Å². The van der Waals surface area contributed by atoms with Gasteiger partial charge < -0.3 is 13.8 Å². The zero-order chi connectivity index (χ0) is 18.7. The SMILES string of the molecule is C=CCn1cc(C(=O)O[C@@H](C)C(=O)Nc2cc(C)no2)c2ccccc21. The first kappa shape index (κ1) is 17.5. The molecule has 0 radical (unpaired) electrons. The molecule has 0 saturated heterocycles. The van der Waals surface area contributed by atoms with Crippen LogP contribution in [0.4, 0.5) is 5.88 Å². The number of hydrogen-bond acceptors (Lipinski definition) is 5. The topological polar surface area (TPSA) is 86.4 Å². The standard InChI is InChI=1S/C19H19N3O4/c1-4-9-22-11-15(14-7-5-6-8-16(14)22)19(24)25-13(3)18(23)20-17-10-12(2)21-26-17/h4-8,10-11,13H,1,9H2,2-3H3,(H,20,23)/t13-/m0/s1. The number of aryl methyl sites for hydroxylation is 1. The normalized spacial score (nSPS) is 11.9. The third-order valence-electron chi connectivity index (χ3n) is 3.86. The van der Waals surface area contributed by atoms with Gasteiger partial charge in [0.1, 0.15) is 0 Å². The van der Waals surface area contributed by atoms with Crippen LogP contribution in [0.1, 0.15) is 23.0 Å². The van der Waals surface area contributed by atoms with Crippen LogP contribution in [0.25, 0.3) is 10.9 Å². The molecule has 134 valence electrons. The van der Waals surface area contributed by atoms with E-state index < -0.39 is 18.0 Å². The quantitative estimate of drug-likeness (QED) is 0.543. The Kier molecular flexibility index (Phi) is 4.88. The Balaban J connectivity index is 1.76. The lowest BCUT2D eigenvalue weighted by Crippen LogP contribution is -2.29. The molecule has 1 aromatic carbocycles. The molecular weight excluding hydrogens is 334 g/mol. The summed E-state index contributed by atoms with van der Waals surface area (Å²) in [5.41, 5.74) is 1.94. The van der Waals surface area contributed by atoms with Crippen LogP contribution < -0.4 is 5.32 Å². The van der Waals surface area contributed by atoms with E-state index in [-0.39, 0.29) is 5.88 Å². The molecular formula is C19H19N3O4. The van der Waals surface area contributed by atoms with E-state index in [9.17, 15) is 9.59 Å². The van der Waals surface area contributed by atoms with E-state index in [4.69, 9.17) is 9.26 Å². The Morgan fingerprint density at radius 3 is 2.88 bits per heavy atom. The molecule has 3 aromatic rings.